The number of unbranched alkanes of at least 4 members (excludes halogenated alkanes) is 1. The average Bonchev–Trinajstić information content (AvgIpc) is 2.97. The molecule has 1 fully saturated rings. The van der Waals surface area contributed by atoms with Crippen LogP contribution in [0.15, 0.2) is 72.8 Å². The lowest BCUT2D eigenvalue weighted by Gasteiger charge is -2.35. The molecular formula is C31H32F3N3O3. The predicted molar refractivity (Wildman–Crippen MR) is 145 cm³/mol. The number of carbonyl (C=O) groups is 3. The molecule has 0 radical (unpaired) electrons. The van der Waals surface area contributed by atoms with Gasteiger partial charge in [0.1, 0.15) is 17.5 Å². The molecule has 1 aliphatic heterocycles. The molecule has 3 amide bonds. The van der Waals surface area contributed by atoms with Crippen LogP contribution in [0.4, 0.5) is 13.2 Å². The molecular weight excluding hydrogens is 519 g/mol. The minimum absolute atomic E-state index is 0.0248. The molecule has 3 aromatic carbocycles. The van der Waals surface area contributed by atoms with E-state index < -0.39 is 11.7 Å². The highest BCUT2D eigenvalue weighted by atomic mass is 19.1. The largest absolute Gasteiger partial charge is 0.343 e. The topological polar surface area (TPSA) is 69.7 Å². The summed E-state index contributed by atoms with van der Waals surface area (Å²) in [5.41, 5.74) is 2.15. The third kappa shape index (κ3) is 7.94. The molecule has 0 aliphatic carbocycles. The van der Waals surface area contributed by atoms with Crippen LogP contribution in [0, 0.1) is 17.5 Å². The van der Waals surface area contributed by atoms with Crippen molar-refractivity contribution in [1.82, 2.24) is 15.1 Å². The fourth-order valence-corrected chi connectivity index (χ4v) is 4.88. The molecule has 0 bridgehead atoms. The van der Waals surface area contributed by atoms with Crippen LogP contribution in [0.5, 0.6) is 0 Å². The second-order valence-corrected chi connectivity index (χ2v) is 9.85. The van der Waals surface area contributed by atoms with Crippen LogP contribution in [0.25, 0.3) is 0 Å². The lowest BCUT2D eigenvalue weighted by Crippen LogP contribution is -2.52. The van der Waals surface area contributed by atoms with Crippen LogP contribution >= 0.6 is 0 Å². The first-order valence-corrected chi connectivity index (χ1v) is 13.4. The number of benzene rings is 3. The molecule has 1 saturated heterocycles. The lowest BCUT2D eigenvalue weighted by molar-refractivity contribution is -0.139. The first kappa shape index (κ1) is 28.9. The Morgan fingerprint density at radius 3 is 1.60 bits per heavy atom. The highest BCUT2D eigenvalue weighted by molar-refractivity contribution is 5.96. The molecule has 3 aromatic rings. The van der Waals surface area contributed by atoms with E-state index in [2.05, 4.69) is 5.32 Å². The Kier molecular flexibility index (Phi) is 9.94. The molecule has 4 rings (SSSR count). The number of rotatable bonds is 10. The summed E-state index contributed by atoms with van der Waals surface area (Å²) >= 11 is 0. The maximum atomic E-state index is 13.5. The maximum Gasteiger partial charge on any atom is 0.251 e. The number of carbonyl (C=O) groups excluding carboxylic acids is 3. The Bertz CT molecular complexity index is 1240. The van der Waals surface area contributed by atoms with Crippen molar-refractivity contribution in [2.75, 3.05) is 32.7 Å². The normalized spacial score (nSPS) is 13.4. The Hall–Kier alpha value is -4.14. The van der Waals surface area contributed by atoms with Gasteiger partial charge in [0, 0.05) is 44.1 Å². The van der Waals surface area contributed by atoms with Crippen molar-refractivity contribution < 1.29 is 27.6 Å². The first-order valence-electron chi connectivity index (χ1n) is 13.4. The number of halogens is 3. The predicted octanol–water partition coefficient (Wildman–Crippen LogP) is 4.90. The summed E-state index contributed by atoms with van der Waals surface area (Å²) in [7, 11) is 0. The van der Waals surface area contributed by atoms with E-state index in [1.54, 1.807) is 34.1 Å². The molecule has 6 nitrogen and oxygen atoms in total. The molecule has 1 N–H and O–H groups in total. The van der Waals surface area contributed by atoms with Gasteiger partial charge >= 0.3 is 0 Å². The highest BCUT2D eigenvalue weighted by Crippen LogP contribution is 2.30. The number of piperazine rings is 1. The number of amides is 3. The van der Waals surface area contributed by atoms with E-state index in [0.717, 1.165) is 24.0 Å². The fourth-order valence-electron chi connectivity index (χ4n) is 4.88. The summed E-state index contributed by atoms with van der Waals surface area (Å²) in [6.45, 7) is 1.43. The summed E-state index contributed by atoms with van der Waals surface area (Å²) < 4.78 is 39.9. The Labute approximate surface area is 231 Å². The van der Waals surface area contributed by atoms with E-state index in [1.807, 2.05) is 0 Å². The smallest absolute Gasteiger partial charge is 0.251 e. The highest BCUT2D eigenvalue weighted by Gasteiger charge is 2.24. The van der Waals surface area contributed by atoms with E-state index in [1.165, 1.54) is 48.5 Å². The van der Waals surface area contributed by atoms with Gasteiger partial charge in [-0.15, -0.1) is 0 Å². The standard InChI is InChI=1S/C31H32F3N3O3/c32-25-11-5-22(6-12-25)28(23-7-13-26(33)14-8-23)3-1-2-4-29(38)36-17-19-37(20-18-36)30(39)21-35-31(40)24-9-15-27(34)16-10-24/h5-16,28H,1-4,17-21H2,(H,35,40). The molecule has 1 aliphatic rings. The van der Waals surface area contributed by atoms with Gasteiger partial charge in [-0.25, -0.2) is 13.2 Å². The van der Waals surface area contributed by atoms with Gasteiger partial charge in [-0.1, -0.05) is 30.7 Å². The van der Waals surface area contributed by atoms with Crippen molar-refractivity contribution in [2.24, 2.45) is 0 Å². The van der Waals surface area contributed by atoms with Crippen molar-refractivity contribution in [3.05, 3.63) is 107 Å². The molecule has 0 saturated carbocycles. The number of nitrogens with one attached hydrogen (secondary N) is 1. The number of nitrogens with zero attached hydrogens (tertiary/aromatic N) is 2. The van der Waals surface area contributed by atoms with E-state index in [9.17, 15) is 27.6 Å². The van der Waals surface area contributed by atoms with Crippen LogP contribution in [-0.2, 0) is 9.59 Å². The third-order valence-electron chi connectivity index (χ3n) is 7.17. The number of hydrogen-bond donors (Lipinski definition) is 1. The Morgan fingerprint density at radius 1 is 0.650 bits per heavy atom. The molecule has 1 heterocycles. The minimum Gasteiger partial charge on any atom is -0.343 e. The van der Waals surface area contributed by atoms with Crippen molar-refractivity contribution in [3.63, 3.8) is 0 Å². The fraction of sp³-hybridized carbons (Fsp3) is 0.323. The van der Waals surface area contributed by atoms with Crippen molar-refractivity contribution in [2.45, 2.75) is 31.6 Å². The number of hydrogen-bond acceptors (Lipinski definition) is 3. The summed E-state index contributed by atoms with van der Waals surface area (Å²) in [4.78, 5) is 40.8. The molecule has 0 spiro atoms. The molecule has 210 valence electrons. The zero-order valence-corrected chi connectivity index (χ0v) is 22.1. The van der Waals surface area contributed by atoms with Gasteiger partial charge in [0.2, 0.25) is 11.8 Å². The summed E-state index contributed by atoms with van der Waals surface area (Å²) in [6, 6.07) is 17.7. The lowest BCUT2D eigenvalue weighted by atomic mass is 9.87. The van der Waals surface area contributed by atoms with Gasteiger partial charge in [0.15, 0.2) is 0 Å². The van der Waals surface area contributed by atoms with Crippen LogP contribution in [0.3, 0.4) is 0 Å². The van der Waals surface area contributed by atoms with Crippen molar-refractivity contribution in [1.29, 1.82) is 0 Å². The summed E-state index contributed by atoms with van der Waals surface area (Å²) in [5, 5.41) is 2.55. The van der Waals surface area contributed by atoms with Gasteiger partial charge in [-0.05, 0) is 72.5 Å². The SMILES string of the molecule is O=C(NCC(=O)N1CCN(C(=O)CCCCC(c2ccc(F)cc2)c2ccc(F)cc2)CC1)c1ccc(F)cc1. The summed E-state index contributed by atoms with van der Waals surface area (Å²) in [6.07, 6.45) is 2.54. The van der Waals surface area contributed by atoms with Gasteiger partial charge < -0.3 is 15.1 Å². The van der Waals surface area contributed by atoms with E-state index in [0.29, 0.717) is 39.0 Å². The third-order valence-corrected chi connectivity index (χ3v) is 7.17. The molecule has 0 aromatic heterocycles. The minimum atomic E-state index is -0.455. The monoisotopic (exact) mass is 551 g/mol. The second-order valence-electron chi connectivity index (χ2n) is 9.85. The first-order chi connectivity index (χ1) is 19.3. The molecule has 0 unspecified atom stereocenters. The Balaban J connectivity index is 1.19. The van der Waals surface area contributed by atoms with Crippen LogP contribution in [0.2, 0.25) is 0 Å². The van der Waals surface area contributed by atoms with Gasteiger partial charge in [-0.3, -0.25) is 14.4 Å². The maximum absolute atomic E-state index is 13.5. The Morgan fingerprint density at radius 2 is 1.10 bits per heavy atom. The van der Waals surface area contributed by atoms with Crippen molar-refractivity contribution in [3.8, 4) is 0 Å². The van der Waals surface area contributed by atoms with E-state index in [4.69, 9.17) is 0 Å². The van der Waals surface area contributed by atoms with E-state index >= 15 is 0 Å². The van der Waals surface area contributed by atoms with Crippen LogP contribution in [-0.4, -0.2) is 60.2 Å². The van der Waals surface area contributed by atoms with Crippen LogP contribution < -0.4 is 5.32 Å². The average molecular weight is 552 g/mol. The molecule has 9 heteroatoms. The van der Waals surface area contributed by atoms with Gasteiger partial charge in [0.05, 0.1) is 6.54 Å². The molecule has 0 atom stereocenters. The van der Waals surface area contributed by atoms with Crippen LogP contribution in [0.1, 0.15) is 53.1 Å². The van der Waals surface area contributed by atoms with E-state index in [-0.39, 0.29) is 41.5 Å². The van der Waals surface area contributed by atoms with Crippen molar-refractivity contribution >= 4 is 17.7 Å². The molecule has 40 heavy (non-hydrogen) atoms. The second kappa shape index (κ2) is 13.8. The summed E-state index contributed by atoms with van der Waals surface area (Å²) in [5.74, 6) is -1.78. The zero-order valence-electron chi connectivity index (χ0n) is 22.1. The zero-order chi connectivity index (χ0) is 28.5. The van der Waals surface area contributed by atoms with Gasteiger partial charge in [0.25, 0.3) is 5.91 Å². The quantitative estimate of drug-likeness (QED) is 0.365. The van der Waals surface area contributed by atoms with Gasteiger partial charge in [-0.2, -0.15) is 0 Å².